The normalized spacial score (nSPS) is 21.2. The predicted octanol–water partition coefficient (Wildman–Crippen LogP) is 5.33. The van der Waals surface area contributed by atoms with Crippen molar-refractivity contribution >= 4 is 11.9 Å². The molecule has 0 N–H and O–H groups in total. The van der Waals surface area contributed by atoms with Crippen LogP contribution in [0.5, 0.6) is 0 Å². The van der Waals surface area contributed by atoms with Crippen LogP contribution in [0, 0.1) is 5.41 Å². The van der Waals surface area contributed by atoms with Crippen LogP contribution in [0.4, 0.5) is 13.2 Å². The van der Waals surface area contributed by atoms with Crippen LogP contribution >= 0.6 is 0 Å². The predicted molar refractivity (Wildman–Crippen MR) is 110 cm³/mol. The molecule has 32 heavy (non-hydrogen) atoms. The van der Waals surface area contributed by atoms with Crippen molar-refractivity contribution in [2.24, 2.45) is 5.41 Å². The highest BCUT2D eigenvalue weighted by molar-refractivity contribution is 5.90. The molecule has 2 aromatic rings. The second-order valence-corrected chi connectivity index (χ2v) is 8.00. The molecule has 0 saturated heterocycles. The summed E-state index contributed by atoms with van der Waals surface area (Å²) in [6.07, 6.45) is -1.84. The summed E-state index contributed by atoms with van der Waals surface area (Å²) in [5.41, 5.74) is -1.73. The minimum Gasteiger partial charge on any atom is -0.466 e. The van der Waals surface area contributed by atoms with E-state index < -0.39 is 34.9 Å². The quantitative estimate of drug-likeness (QED) is 0.531. The lowest BCUT2D eigenvalue weighted by molar-refractivity contribution is -0.159. The molecular formula is C23H27F3N2O4. The number of esters is 2. The Morgan fingerprint density at radius 1 is 1.12 bits per heavy atom. The largest absolute Gasteiger partial charge is 0.466 e. The topological polar surface area (TPSA) is 70.4 Å². The number of rotatable bonds is 7. The first-order valence-electron chi connectivity index (χ1n) is 10.7. The van der Waals surface area contributed by atoms with E-state index in [1.807, 2.05) is 6.92 Å². The molecule has 0 amide bonds. The van der Waals surface area contributed by atoms with Gasteiger partial charge in [-0.25, -0.2) is 4.79 Å². The van der Waals surface area contributed by atoms with Gasteiger partial charge in [-0.05, 0) is 44.6 Å². The zero-order valence-corrected chi connectivity index (χ0v) is 18.2. The number of carbonyl (C=O) groups is 2. The second-order valence-electron chi connectivity index (χ2n) is 8.00. The van der Waals surface area contributed by atoms with Crippen LogP contribution in [-0.2, 0) is 27.1 Å². The highest BCUT2D eigenvalue weighted by Gasteiger charge is 2.46. The van der Waals surface area contributed by atoms with E-state index in [9.17, 15) is 22.8 Å². The summed E-state index contributed by atoms with van der Waals surface area (Å²) in [6, 6.07) is 8.14. The Morgan fingerprint density at radius 3 is 2.34 bits per heavy atom. The van der Waals surface area contributed by atoms with Crippen LogP contribution in [0.1, 0.15) is 73.6 Å². The van der Waals surface area contributed by atoms with Crippen LogP contribution in [-0.4, -0.2) is 28.3 Å². The van der Waals surface area contributed by atoms with E-state index in [1.165, 1.54) is 0 Å². The van der Waals surface area contributed by atoms with Gasteiger partial charge in [0, 0.05) is 0 Å². The molecule has 1 heterocycles. The lowest BCUT2D eigenvalue weighted by Gasteiger charge is -2.37. The van der Waals surface area contributed by atoms with E-state index in [2.05, 4.69) is 5.10 Å². The Balaban J connectivity index is 1.79. The highest BCUT2D eigenvalue weighted by Crippen LogP contribution is 2.46. The molecule has 0 bridgehead atoms. The van der Waals surface area contributed by atoms with Gasteiger partial charge in [-0.3, -0.25) is 9.48 Å². The van der Waals surface area contributed by atoms with Gasteiger partial charge in [-0.15, -0.1) is 0 Å². The number of halogens is 3. The first-order chi connectivity index (χ1) is 15.2. The summed E-state index contributed by atoms with van der Waals surface area (Å²) in [5.74, 6) is -1.37. The van der Waals surface area contributed by atoms with Crippen molar-refractivity contribution < 1.29 is 32.2 Å². The SMILES string of the molecule is CCOC(=O)C1(CC)CCC(n2ncc(C(=O)OCc3ccccc3)c2C(F)(F)F)CC1. The summed E-state index contributed by atoms with van der Waals surface area (Å²) < 4.78 is 53.0. The summed E-state index contributed by atoms with van der Waals surface area (Å²) in [6.45, 7) is 3.73. The molecule has 174 valence electrons. The number of alkyl halides is 3. The van der Waals surface area contributed by atoms with Crippen molar-refractivity contribution in [1.29, 1.82) is 0 Å². The summed E-state index contributed by atoms with van der Waals surface area (Å²) in [4.78, 5) is 24.9. The Hall–Kier alpha value is -2.84. The molecule has 3 rings (SSSR count). The van der Waals surface area contributed by atoms with E-state index in [4.69, 9.17) is 9.47 Å². The number of benzene rings is 1. The van der Waals surface area contributed by atoms with Gasteiger partial charge in [-0.1, -0.05) is 37.3 Å². The summed E-state index contributed by atoms with van der Waals surface area (Å²) in [5, 5.41) is 3.92. The second kappa shape index (κ2) is 9.75. The van der Waals surface area contributed by atoms with Gasteiger partial charge in [0.25, 0.3) is 0 Å². The standard InChI is InChI=1S/C23H27F3N2O4/c1-3-22(21(30)31-4-2)12-10-17(11-13-22)28-19(23(24,25)26)18(14-27-28)20(29)32-15-16-8-6-5-7-9-16/h5-9,14,17H,3-4,10-13,15H2,1-2H3. The van der Waals surface area contributed by atoms with Gasteiger partial charge in [0.2, 0.25) is 0 Å². The molecule has 1 aliphatic rings. The molecule has 6 nitrogen and oxygen atoms in total. The lowest BCUT2D eigenvalue weighted by atomic mass is 9.70. The smallest absolute Gasteiger partial charge is 0.433 e. The van der Waals surface area contributed by atoms with Crippen molar-refractivity contribution in [1.82, 2.24) is 9.78 Å². The maximum Gasteiger partial charge on any atom is 0.433 e. The summed E-state index contributed by atoms with van der Waals surface area (Å²) >= 11 is 0. The molecule has 0 aliphatic heterocycles. The average Bonchev–Trinajstić information content (AvgIpc) is 3.24. The average molecular weight is 452 g/mol. The van der Waals surface area contributed by atoms with Gasteiger partial charge in [0.15, 0.2) is 5.69 Å². The number of nitrogens with zero attached hydrogens (tertiary/aromatic N) is 2. The molecule has 1 aromatic heterocycles. The zero-order chi connectivity index (χ0) is 23.4. The Bertz CT molecular complexity index is 932. The van der Waals surface area contributed by atoms with Crippen LogP contribution in [0.2, 0.25) is 0 Å². The van der Waals surface area contributed by atoms with Gasteiger partial charge in [0.05, 0.1) is 24.3 Å². The van der Waals surface area contributed by atoms with Crippen LogP contribution in [0.3, 0.4) is 0 Å². The third-order valence-corrected chi connectivity index (χ3v) is 6.14. The van der Waals surface area contributed by atoms with Crippen molar-refractivity contribution in [2.75, 3.05) is 6.61 Å². The molecule has 0 spiro atoms. The van der Waals surface area contributed by atoms with Crippen LogP contribution in [0.15, 0.2) is 36.5 Å². The van der Waals surface area contributed by atoms with Gasteiger partial charge < -0.3 is 9.47 Å². The van der Waals surface area contributed by atoms with Crippen LogP contribution < -0.4 is 0 Å². The molecule has 1 fully saturated rings. The minimum absolute atomic E-state index is 0.135. The van der Waals surface area contributed by atoms with Gasteiger partial charge in [0.1, 0.15) is 12.2 Å². The zero-order valence-electron chi connectivity index (χ0n) is 18.2. The fourth-order valence-corrected chi connectivity index (χ4v) is 4.26. The van der Waals surface area contributed by atoms with Gasteiger partial charge >= 0.3 is 18.1 Å². The molecule has 1 saturated carbocycles. The maximum atomic E-state index is 13.9. The molecule has 0 unspecified atom stereocenters. The number of ether oxygens (including phenoxy) is 2. The van der Waals surface area contributed by atoms with E-state index in [0.29, 0.717) is 37.7 Å². The Labute approximate surface area is 184 Å². The number of carbonyl (C=O) groups excluding carboxylic acids is 2. The minimum atomic E-state index is -4.78. The van der Waals surface area contributed by atoms with E-state index in [-0.39, 0.29) is 19.2 Å². The molecule has 0 atom stereocenters. The maximum absolute atomic E-state index is 13.9. The van der Waals surface area contributed by atoms with Crippen LogP contribution in [0.25, 0.3) is 0 Å². The summed E-state index contributed by atoms with van der Waals surface area (Å²) in [7, 11) is 0. The first-order valence-corrected chi connectivity index (χ1v) is 10.7. The van der Waals surface area contributed by atoms with E-state index >= 15 is 0 Å². The number of hydrogen-bond donors (Lipinski definition) is 0. The number of hydrogen-bond acceptors (Lipinski definition) is 5. The molecule has 1 aliphatic carbocycles. The molecule has 0 radical (unpaired) electrons. The molecular weight excluding hydrogens is 425 g/mol. The third kappa shape index (κ3) is 4.97. The van der Waals surface area contributed by atoms with Crippen molar-refractivity contribution in [2.45, 2.75) is 64.8 Å². The Kier molecular flexibility index (Phi) is 7.26. The first kappa shape index (κ1) is 23.8. The monoisotopic (exact) mass is 452 g/mol. The fraction of sp³-hybridized carbons (Fsp3) is 0.522. The van der Waals surface area contributed by atoms with Crippen molar-refractivity contribution in [3.8, 4) is 0 Å². The third-order valence-electron chi connectivity index (χ3n) is 6.14. The molecule has 1 aromatic carbocycles. The van der Waals surface area contributed by atoms with Gasteiger partial charge in [-0.2, -0.15) is 18.3 Å². The number of aromatic nitrogens is 2. The highest BCUT2D eigenvalue weighted by atomic mass is 19.4. The van der Waals surface area contributed by atoms with Crippen molar-refractivity contribution in [3.63, 3.8) is 0 Å². The lowest BCUT2D eigenvalue weighted by Crippen LogP contribution is -2.37. The van der Waals surface area contributed by atoms with Crippen molar-refractivity contribution in [3.05, 3.63) is 53.3 Å². The van der Waals surface area contributed by atoms with E-state index in [1.54, 1.807) is 37.3 Å². The molecule has 9 heteroatoms. The fourth-order valence-electron chi connectivity index (χ4n) is 4.26. The Morgan fingerprint density at radius 2 is 1.78 bits per heavy atom. The van der Waals surface area contributed by atoms with E-state index in [0.717, 1.165) is 10.9 Å².